The molecule has 0 radical (unpaired) electrons. The van der Waals surface area contributed by atoms with Gasteiger partial charge in [-0.25, -0.2) is 13.4 Å². The number of nitrogens with one attached hydrogen (secondary N) is 1. The van der Waals surface area contributed by atoms with Gasteiger partial charge in [0.15, 0.2) is 9.84 Å². The number of para-hydroxylation sites is 1. The first-order chi connectivity index (χ1) is 10.0. The largest absolute Gasteiger partial charge is 0.326 e. The highest BCUT2D eigenvalue weighted by Crippen LogP contribution is 2.28. The second kappa shape index (κ2) is 5.52. The van der Waals surface area contributed by atoms with Crippen LogP contribution in [0.4, 0.5) is 11.6 Å². The van der Waals surface area contributed by atoms with Crippen LogP contribution in [-0.4, -0.2) is 29.5 Å². The van der Waals surface area contributed by atoms with E-state index in [4.69, 9.17) is 0 Å². The molecule has 2 aromatic rings. The minimum atomic E-state index is -2.94. The maximum Gasteiger partial charge on any atom is 0.207 e. The van der Waals surface area contributed by atoms with Gasteiger partial charge in [-0.1, -0.05) is 18.2 Å². The smallest absolute Gasteiger partial charge is 0.207 e. The number of hydrogen-bond acceptors (Lipinski definition) is 4. The van der Waals surface area contributed by atoms with Gasteiger partial charge < -0.3 is 9.88 Å². The number of rotatable bonds is 3. The lowest BCUT2D eigenvalue weighted by Crippen LogP contribution is -2.27. The average molecular weight is 305 g/mol. The van der Waals surface area contributed by atoms with Crippen LogP contribution >= 0.6 is 0 Å². The molecule has 0 bridgehead atoms. The summed E-state index contributed by atoms with van der Waals surface area (Å²) in [6, 6.07) is 9.76. The molecule has 2 heterocycles. The van der Waals surface area contributed by atoms with E-state index < -0.39 is 9.84 Å². The van der Waals surface area contributed by atoms with Gasteiger partial charge in [0.2, 0.25) is 5.95 Å². The molecule has 0 aliphatic carbocycles. The topological polar surface area (TPSA) is 64.0 Å². The zero-order valence-electron chi connectivity index (χ0n) is 12.0. The van der Waals surface area contributed by atoms with Crippen molar-refractivity contribution in [3.8, 4) is 0 Å². The molecule has 1 aliphatic heterocycles. The van der Waals surface area contributed by atoms with E-state index in [9.17, 15) is 8.42 Å². The molecule has 1 aromatic carbocycles. The summed E-state index contributed by atoms with van der Waals surface area (Å²) in [5, 5.41) is 3.28. The van der Waals surface area contributed by atoms with Crippen molar-refractivity contribution in [1.82, 2.24) is 9.55 Å². The highest BCUT2D eigenvalue weighted by atomic mass is 32.2. The summed E-state index contributed by atoms with van der Waals surface area (Å²) in [4.78, 5) is 4.49. The minimum Gasteiger partial charge on any atom is -0.326 e. The molecular weight excluding hydrogens is 286 g/mol. The molecule has 1 fully saturated rings. The number of anilines is 2. The lowest BCUT2D eigenvalue weighted by atomic mass is 10.2. The fourth-order valence-corrected chi connectivity index (χ4v) is 4.44. The van der Waals surface area contributed by atoms with E-state index in [1.165, 1.54) is 0 Å². The number of benzene rings is 1. The Morgan fingerprint density at radius 3 is 2.76 bits per heavy atom. The minimum absolute atomic E-state index is 0.0313. The number of aromatic nitrogens is 2. The van der Waals surface area contributed by atoms with Crippen molar-refractivity contribution >= 4 is 21.5 Å². The van der Waals surface area contributed by atoms with Gasteiger partial charge in [0, 0.05) is 11.9 Å². The summed E-state index contributed by atoms with van der Waals surface area (Å²) in [5.41, 5.74) is 1.83. The Labute approximate surface area is 124 Å². The van der Waals surface area contributed by atoms with Gasteiger partial charge in [0.05, 0.1) is 23.2 Å². The van der Waals surface area contributed by atoms with E-state index in [2.05, 4.69) is 10.3 Å². The summed E-state index contributed by atoms with van der Waals surface area (Å²) >= 11 is 0. The first-order valence-electron chi connectivity index (χ1n) is 7.11. The number of aryl methyl sites for hydroxylation is 1. The predicted molar refractivity (Wildman–Crippen MR) is 83.6 cm³/mol. The molecule has 1 aromatic heterocycles. The molecule has 3 rings (SSSR count). The first-order valence-corrected chi connectivity index (χ1v) is 8.94. The maximum absolute atomic E-state index is 11.9. The van der Waals surface area contributed by atoms with Crippen LogP contribution < -0.4 is 5.32 Å². The van der Waals surface area contributed by atoms with Crippen molar-refractivity contribution in [3.05, 3.63) is 42.2 Å². The third-order valence-electron chi connectivity index (χ3n) is 3.72. The fourth-order valence-electron chi connectivity index (χ4n) is 2.76. The van der Waals surface area contributed by atoms with E-state index in [0.29, 0.717) is 11.7 Å². The Bertz CT molecular complexity index is 723. The van der Waals surface area contributed by atoms with E-state index in [1.807, 2.05) is 48.0 Å². The normalized spacial score (nSPS) is 21.1. The first kappa shape index (κ1) is 14.1. The highest BCUT2D eigenvalue weighted by Gasteiger charge is 2.27. The molecule has 1 N–H and O–H groups in total. The van der Waals surface area contributed by atoms with Gasteiger partial charge in [-0.05, 0) is 31.9 Å². The van der Waals surface area contributed by atoms with Crippen molar-refractivity contribution in [2.75, 3.05) is 16.8 Å². The van der Waals surface area contributed by atoms with Crippen molar-refractivity contribution in [2.45, 2.75) is 25.8 Å². The fraction of sp³-hybridized carbons (Fsp3) is 0.400. The van der Waals surface area contributed by atoms with Crippen molar-refractivity contribution < 1.29 is 8.42 Å². The van der Waals surface area contributed by atoms with Crippen LogP contribution in [0.15, 0.2) is 36.5 Å². The molecule has 112 valence electrons. The summed E-state index contributed by atoms with van der Waals surface area (Å²) in [5.74, 6) is 1.21. The van der Waals surface area contributed by atoms with Gasteiger partial charge in [-0.2, -0.15) is 0 Å². The Kier molecular flexibility index (Phi) is 3.71. The molecule has 1 aliphatic rings. The summed E-state index contributed by atoms with van der Waals surface area (Å²) in [6.07, 6.45) is 3.52. The van der Waals surface area contributed by atoms with Crippen LogP contribution in [0.25, 0.3) is 0 Å². The number of imidazole rings is 1. The molecule has 5 nitrogen and oxygen atoms in total. The molecule has 1 unspecified atom stereocenters. The molecule has 6 heteroatoms. The van der Waals surface area contributed by atoms with Crippen LogP contribution in [0.1, 0.15) is 24.6 Å². The lowest BCUT2D eigenvalue weighted by molar-refractivity contribution is 0.474. The van der Waals surface area contributed by atoms with Crippen LogP contribution in [0.2, 0.25) is 0 Å². The van der Waals surface area contributed by atoms with Crippen LogP contribution in [0.5, 0.6) is 0 Å². The van der Waals surface area contributed by atoms with Gasteiger partial charge in [0.25, 0.3) is 0 Å². The van der Waals surface area contributed by atoms with Gasteiger partial charge in [0.1, 0.15) is 0 Å². The Morgan fingerprint density at radius 2 is 2.05 bits per heavy atom. The molecule has 1 saturated heterocycles. The van der Waals surface area contributed by atoms with E-state index in [1.54, 1.807) is 0 Å². The standard InChI is InChI=1S/C15H19N3O2S/c1-12-10-18(14-8-5-9-21(19,20)11-14)15(16-12)17-13-6-3-2-4-7-13/h2-4,6-7,10,14H,5,8-9,11H2,1H3,(H,16,17). The quantitative estimate of drug-likeness (QED) is 0.947. The highest BCUT2D eigenvalue weighted by molar-refractivity contribution is 7.91. The monoisotopic (exact) mass is 305 g/mol. The summed E-state index contributed by atoms with van der Waals surface area (Å²) < 4.78 is 25.7. The Balaban J connectivity index is 1.89. The zero-order valence-corrected chi connectivity index (χ0v) is 12.8. The van der Waals surface area contributed by atoms with E-state index >= 15 is 0 Å². The van der Waals surface area contributed by atoms with Crippen LogP contribution in [-0.2, 0) is 9.84 Å². The van der Waals surface area contributed by atoms with Crippen LogP contribution in [0, 0.1) is 6.92 Å². The van der Waals surface area contributed by atoms with Gasteiger partial charge in [-0.15, -0.1) is 0 Å². The van der Waals surface area contributed by atoms with Crippen LogP contribution in [0.3, 0.4) is 0 Å². The SMILES string of the molecule is Cc1cn(C2CCCS(=O)(=O)C2)c(Nc2ccccc2)n1. The van der Waals surface area contributed by atoms with E-state index in [0.717, 1.165) is 24.2 Å². The Hall–Kier alpha value is -1.82. The average Bonchev–Trinajstić information content (AvgIpc) is 2.80. The number of sulfone groups is 1. The molecular formula is C15H19N3O2S. The molecule has 0 saturated carbocycles. The second-order valence-corrected chi connectivity index (χ2v) is 7.74. The molecule has 0 spiro atoms. The lowest BCUT2D eigenvalue weighted by Gasteiger charge is -2.24. The summed E-state index contributed by atoms with van der Waals surface area (Å²) in [7, 11) is -2.94. The summed E-state index contributed by atoms with van der Waals surface area (Å²) in [6.45, 7) is 1.92. The number of hydrogen-bond donors (Lipinski definition) is 1. The molecule has 0 amide bonds. The number of nitrogens with zero attached hydrogens (tertiary/aromatic N) is 2. The Morgan fingerprint density at radius 1 is 1.29 bits per heavy atom. The third kappa shape index (κ3) is 3.26. The van der Waals surface area contributed by atoms with E-state index in [-0.39, 0.29) is 11.8 Å². The maximum atomic E-state index is 11.9. The predicted octanol–water partition coefficient (Wildman–Crippen LogP) is 2.68. The van der Waals surface area contributed by atoms with Gasteiger partial charge in [-0.3, -0.25) is 0 Å². The second-order valence-electron chi connectivity index (χ2n) is 5.51. The third-order valence-corrected chi connectivity index (χ3v) is 5.52. The molecule has 21 heavy (non-hydrogen) atoms. The molecule has 1 atom stereocenters. The zero-order chi connectivity index (χ0) is 14.9. The van der Waals surface area contributed by atoms with Crippen molar-refractivity contribution in [3.63, 3.8) is 0 Å². The van der Waals surface area contributed by atoms with Gasteiger partial charge >= 0.3 is 0 Å². The van der Waals surface area contributed by atoms with Crippen molar-refractivity contribution in [2.24, 2.45) is 0 Å². The van der Waals surface area contributed by atoms with Crippen molar-refractivity contribution in [1.29, 1.82) is 0 Å².